The maximum atomic E-state index is 4.41. The summed E-state index contributed by atoms with van der Waals surface area (Å²) in [6.45, 7) is 4.41. The lowest BCUT2D eigenvalue weighted by Gasteiger charge is -2.06. The van der Waals surface area contributed by atoms with Crippen LogP contribution in [-0.4, -0.2) is 9.97 Å². The van der Waals surface area contributed by atoms with Crippen LogP contribution in [0.15, 0.2) is 30.6 Å². The molecule has 0 radical (unpaired) electrons. The Labute approximate surface area is 84.0 Å². The molecule has 0 aliphatic heterocycles. The van der Waals surface area contributed by atoms with E-state index in [-0.39, 0.29) is 0 Å². The van der Waals surface area contributed by atoms with E-state index in [2.05, 4.69) is 29.9 Å². The molecule has 0 fully saturated rings. The number of hydrogen-bond acceptors (Lipinski definition) is 2. The molecule has 0 bridgehead atoms. The topological polar surface area (TPSA) is 25.8 Å². The van der Waals surface area contributed by atoms with Gasteiger partial charge in [0.1, 0.15) is 0 Å². The number of fused-ring (bicyclic) bond motifs is 1. The van der Waals surface area contributed by atoms with Crippen molar-refractivity contribution < 1.29 is 0 Å². The summed E-state index contributed by atoms with van der Waals surface area (Å²) in [4.78, 5) is 8.72. The van der Waals surface area contributed by atoms with Crippen molar-refractivity contribution in [3.63, 3.8) is 0 Å². The summed E-state index contributed by atoms with van der Waals surface area (Å²) < 4.78 is 0. The molecule has 0 atom stereocenters. The van der Waals surface area contributed by atoms with Crippen LogP contribution in [0.25, 0.3) is 10.9 Å². The Balaban J connectivity index is 2.53. The van der Waals surface area contributed by atoms with Crippen molar-refractivity contribution in [2.75, 3.05) is 0 Å². The highest BCUT2D eigenvalue weighted by molar-refractivity contribution is 5.80. The fourth-order valence-electron chi connectivity index (χ4n) is 1.61. The molecule has 2 heteroatoms. The summed E-state index contributed by atoms with van der Waals surface area (Å²) in [5.74, 6) is 0.633. The smallest absolute Gasteiger partial charge is 0.0735 e. The van der Waals surface area contributed by atoms with E-state index in [1.54, 1.807) is 0 Å². The van der Waals surface area contributed by atoms with Gasteiger partial charge in [0.2, 0.25) is 0 Å². The van der Waals surface area contributed by atoms with E-state index in [1.807, 2.05) is 24.5 Å². The highest BCUT2D eigenvalue weighted by atomic mass is 14.7. The lowest BCUT2D eigenvalue weighted by Crippen LogP contribution is -1.98. The third kappa shape index (κ3) is 1.74. The van der Waals surface area contributed by atoms with Crippen molar-refractivity contribution >= 4 is 10.9 Å². The predicted molar refractivity (Wildman–Crippen MR) is 58.1 cm³/mol. The van der Waals surface area contributed by atoms with Gasteiger partial charge in [-0.3, -0.25) is 9.97 Å². The first-order valence-corrected chi connectivity index (χ1v) is 4.96. The molecule has 2 nitrogen and oxygen atoms in total. The molecule has 14 heavy (non-hydrogen) atoms. The van der Waals surface area contributed by atoms with Crippen LogP contribution in [0.5, 0.6) is 0 Å². The monoisotopic (exact) mass is 186 g/mol. The van der Waals surface area contributed by atoms with E-state index in [4.69, 9.17) is 0 Å². The molecule has 2 aromatic heterocycles. The van der Waals surface area contributed by atoms with Crippen molar-refractivity contribution in [1.29, 1.82) is 0 Å². The minimum absolute atomic E-state index is 0.633. The summed E-state index contributed by atoms with van der Waals surface area (Å²) in [6.07, 6.45) is 4.68. The molecule has 2 rings (SSSR count). The second-order valence-corrected chi connectivity index (χ2v) is 3.93. The summed E-state index contributed by atoms with van der Waals surface area (Å²) >= 11 is 0. The highest BCUT2D eigenvalue weighted by Gasteiger charge is 2.04. The molecule has 2 aromatic rings. The van der Waals surface area contributed by atoms with Crippen LogP contribution in [0.4, 0.5) is 0 Å². The van der Waals surface area contributed by atoms with Gasteiger partial charge < -0.3 is 0 Å². The first kappa shape index (κ1) is 9.13. The van der Waals surface area contributed by atoms with Crippen LogP contribution >= 0.6 is 0 Å². The molecule has 0 amide bonds. The van der Waals surface area contributed by atoms with Gasteiger partial charge in [-0.05, 0) is 30.5 Å². The van der Waals surface area contributed by atoms with Crippen molar-refractivity contribution in [3.8, 4) is 0 Å². The number of hydrogen-bond donors (Lipinski definition) is 0. The van der Waals surface area contributed by atoms with E-state index in [9.17, 15) is 0 Å². The normalized spacial score (nSPS) is 11.1. The fourth-order valence-corrected chi connectivity index (χ4v) is 1.61. The fraction of sp³-hybridized carbons (Fsp3) is 0.333. The summed E-state index contributed by atoms with van der Waals surface area (Å²) in [5, 5.41) is 1.18. The molecule has 0 aromatic carbocycles. The Bertz CT molecular complexity index is 430. The zero-order chi connectivity index (χ0) is 9.97. The van der Waals surface area contributed by atoms with Gasteiger partial charge in [-0.15, -0.1) is 0 Å². The average Bonchev–Trinajstić information content (AvgIpc) is 2.18. The summed E-state index contributed by atoms with van der Waals surface area (Å²) in [7, 11) is 0. The van der Waals surface area contributed by atoms with Crippen molar-refractivity contribution in [2.45, 2.75) is 20.3 Å². The maximum absolute atomic E-state index is 4.41. The van der Waals surface area contributed by atoms with Crippen LogP contribution in [0, 0.1) is 5.92 Å². The van der Waals surface area contributed by atoms with Gasteiger partial charge in [0.05, 0.1) is 5.52 Å². The molecular weight excluding hydrogens is 172 g/mol. The van der Waals surface area contributed by atoms with Gasteiger partial charge in [-0.1, -0.05) is 13.8 Å². The zero-order valence-electron chi connectivity index (χ0n) is 8.57. The molecule has 0 aliphatic carbocycles. The van der Waals surface area contributed by atoms with Gasteiger partial charge in [0.25, 0.3) is 0 Å². The van der Waals surface area contributed by atoms with Crippen molar-refractivity contribution in [2.24, 2.45) is 5.92 Å². The molecule has 0 saturated heterocycles. The first-order valence-electron chi connectivity index (χ1n) is 4.96. The maximum Gasteiger partial charge on any atom is 0.0735 e. The Morgan fingerprint density at radius 2 is 2.00 bits per heavy atom. The quantitative estimate of drug-likeness (QED) is 0.720. The van der Waals surface area contributed by atoms with E-state index >= 15 is 0 Å². The van der Waals surface area contributed by atoms with E-state index in [1.165, 1.54) is 5.39 Å². The molecule has 0 unspecified atom stereocenters. The van der Waals surface area contributed by atoms with Crippen LogP contribution in [0.1, 0.15) is 19.5 Å². The predicted octanol–water partition coefficient (Wildman–Crippen LogP) is 2.83. The molecule has 0 N–H and O–H groups in total. The second-order valence-electron chi connectivity index (χ2n) is 3.93. The minimum atomic E-state index is 0.633. The number of pyridine rings is 2. The molecule has 2 heterocycles. The Hall–Kier alpha value is -1.44. The van der Waals surface area contributed by atoms with Gasteiger partial charge >= 0.3 is 0 Å². The number of nitrogens with zero attached hydrogens (tertiary/aromatic N) is 2. The minimum Gasteiger partial charge on any atom is -0.261 e. The van der Waals surface area contributed by atoms with Gasteiger partial charge in [0, 0.05) is 23.5 Å². The standard InChI is InChI=1S/C12H14N2/c1-9(2)8-12-10-4-3-6-13-11(10)5-7-14-12/h3-7,9H,8H2,1-2H3. The lowest BCUT2D eigenvalue weighted by atomic mass is 10.0. The highest BCUT2D eigenvalue weighted by Crippen LogP contribution is 2.16. The largest absolute Gasteiger partial charge is 0.261 e. The third-order valence-corrected chi connectivity index (χ3v) is 2.21. The molecule has 72 valence electrons. The van der Waals surface area contributed by atoms with E-state index in [0.29, 0.717) is 5.92 Å². The number of aromatic nitrogens is 2. The van der Waals surface area contributed by atoms with Crippen LogP contribution in [0.2, 0.25) is 0 Å². The zero-order valence-corrected chi connectivity index (χ0v) is 8.57. The Kier molecular flexibility index (Phi) is 2.44. The Morgan fingerprint density at radius 3 is 2.79 bits per heavy atom. The molecule has 0 spiro atoms. The van der Waals surface area contributed by atoms with E-state index in [0.717, 1.165) is 17.6 Å². The van der Waals surface area contributed by atoms with Crippen molar-refractivity contribution in [3.05, 3.63) is 36.3 Å². The van der Waals surface area contributed by atoms with Gasteiger partial charge in [-0.2, -0.15) is 0 Å². The Morgan fingerprint density at radius 1 is 1.14 bits per heavy atom. The van der Waals surface area contributed by atoms with Crippen molar-refractivity contribution in [1.82, 2.24) is 9.97 Å². The second kappa shape index (κ2) is 3.74. The molecule has 0 saturated carbocycles. The number of rotatable bonds is 2. The first-order chi connectivity index (χ1) is 6.77. The summed E-state index contributed by atoms with van der Waals surface area (Å²) in [6, 6.07) is 6.01. The SMILES string of the molecule is CC(C)Cc1nccc2ncccc12. The third-order valence-electron chi connectivity index (χ3n) is 2.21. The van der Waals surface area contributed by atoms with Gasteiger partial charge in [-0.25, -0.2) is 0 Å². The van der Waals surface area contributed by atoms with E-state index < -0.39 is 0 Å². The van der Waals surface area contributed by atoms with Crippen LogP contribution < -0.4 is 0 Å². The van der Waals surface area contributed by atoms with Crippen LogP contribution in [-0.2, 0) is 6.42 Å². The average molecular weight is 186 g/mol. The molecular formula is C12H14N2. The van der Waals surface area contributed by atoms with Gasteiger partial charge in [0.15, 0.2) is 0 Å². The summed E-state index contributed by atoms with van der Waals surface area (Å²) in [5.41, 5.74) is 2.20. The molecule has 0 aliphatic rings. The lowest BCUT2D eigenvalue weighted by molar-refractivity contribution is 0.639. The van der Waals surface area contributed by atoms with Crippen LogP contribution in [0.3, 0.4) is 0 Å².